The summed E-state index contributed by atoms with van der Waals surface area (Å²) in [5.41, 5.74) is 4.92. The van der Waals surface area contributed by atoms with Gasteiger partial charge in [-0.1, -0.05) is 6.08 Å². The van der Waals surface area contributed by atoms with Crippen LogP contribution in [0.4, 0.5) is 4.79 Å². The molecule has 8 nitrogen and oxygen atoms in total. The molecule has 0 spiro atoms. The van der Waals surface area contributed by atoms with Crippen LogP contribution in [0.15, 0.2) is 12.7 Å². The Kier molecular flexibility index (Phi) is 7.94. The minimum Gasteiger partial charge on any atom is -0.480 e. The molecular weight excluding hydrogens is 254 g/mol. The number of hydrogen-bond acceptors (Lipinski definition) is 4. The standard InChI is InChI=1S/C11H19N3O5/c1-3-4-14(5-6-19-2)11(18)13-8(10(16)17)7-9(12)15/h3,8H,1,4-7H2,2H3,(H2,12,15)(H,13,18)(H,16,17). The third-order valence-electron chi connectivity index (χ3n) is 2.20. The molecule has 4 N–H and O–H groups in total. The van der Waals surface area contributed by atoms with Gasteiger partial charge in [0.15, 0.2) is 0 Å². The van der Waals surface area contributed by atoms with Gasteiger partial charge in [0.1, 0.15) is 6.04 Å². The molecule has 108 valence electrons. The Labute approximate surface area is 111 Å². The summed E-state index contributed by atoms with van der Waals surface area (Å²) in [6.45, 7) is 4.31. The smallest absolute Gasteiger partial charge is 0.326 e. The molecule has 19 heavy (non-hydrogen) atoms. The van der Waals surface area contributed by atoms with E-state index in [1.807, 2.05) is 0 Å². The first kappa shape index (κ1) is 16.9. The van der Waals surface area contributed by atoms with Crippen LogP contribution >= 0.6 is 0 Å². The zero-order valence-corrected chi connectivity index (χ0v) is 10.8. The van der Waals surface area contributed by atoms with Gasteiger partial charge < -0.3 is 25.8 Å². The number of ether oxygens (including phenoxy) is 1. The highest BCUT2D eigenvalue weighted by molar-refractivity contribution is 5.87. The number of hydrogen-bond donors (Lipinski definition) is 3. The molecule has 0 saturated carbocycles. The fourth-order valence-electron chi connectivity index (χ4n) is 1.27. The fraction of sp³-hybridized carbons (Fsp3) is 0.545. The molecular formula is C11H19N3O5. The molecule has 0 aliphatic rings. The number of aliphatic carboxylic acids is 1. The maximum Gasteiger partial charge on any atom is 0.326 e. The summed E-state index contributed by atoms with van der Waals surface area (Å²) < 4.78 is 4.84. The van der Waals surface area contributed by atoms with Crippen molar-refractivity contribution in [2.24, 2.45) is 5.73 Å². The fourth-order valence-corrected chi connectivity index (χ4v) is 1.27. The van der Waals surface area contributed by atoms with Crippen molar-refractivity contribution in [3.05, 3.63) is 12.7 Å². The molecule has 0 saturated heterocycles. The Balaban J connectivity index is 4.59. The van der Waals surface area contributed by atoms with Crippen LogP contribution in [0, 0.1) is 0 Å². The summed E-state index contributed by atoms with van der Waals surface area (Å²) in [6.07, 6.45) is 1.03. The lowest BCUT2D eigenvalue weighted by Crippen LogP contribution is -2.50. The molecule has 0 heterocycles. The summed E-state index contributed by atoms with van der Waals surface area (Å²) >= 11 is 0. The van der Waals surface area contributed by atoms with E-state index in [1.165, 1.54) is 18.1 Å². The predicted octanol–water partition coefficient (Wildman–Crippen LogP) is -0.841. The number of urea groups is 1. The zero-order chi connectivity index (χ0) is 14.8. The monoisotopic (exact) mass is 273 g/mol. The van der Waals surface area contributed by atoms with Crippen LogP contribution in [0.1, 0.15) is 6.42 Å². The van der Waals surface area contributed by atoms with Crippen LogP contribution in [0.3, 0.4) is 0 Å². The zero-order valence-electron chi connectivity index (χ0n) is 10.8. The number of carboxylic acid groups (broad SMARTS) is 1. The van der Waals surface area contributed by atoms with Crippen molar-refractivity contribution in [3.8, 4) is 0 Å². The molecule has 0 radical (unpaired) electrons. The van der Waals surface area contributed by atoms with Crippen molar-refractivity contribution >= 4 is 17.9 Å². The number of primary amides is 1. The molecule has 0 bridgehead atoms. The number of carboxylic acids is 1. The molecule has 3 amide bonds. The van der Waals surface area contributed by atoms with E-state index in [9.17, 15) is 14.4 Å². The second-order valence-corrected chi connectivity index (χ2v) is 3.74. The molecule has 0 rings (SSSR count). The number of carbonyl (C=O) groups is 3. The average Bonchev–Trinajstić information content (AvgIpc) is 2.32. The van der Waals surface area contributed by atoms with Gasteiger partial charge in [-0.25, -0.2) is 9.59 Å². The van der Waals surface area contributed by atoms with E-state index in [-0.39, 0.29) is 13.1 Å². The number of carbonyl (C=O) groups excluding carboxylic acids is 2. The van der Waals surface area contributed by atoms with Gasteiger partial charge in [-0.15, -0.1) is 6.58 Å². The van der Waals surface area contributed by atoms with E-state index in [2.05, 4.69) is 11.9 Å². The van der Waals surface area contributed by atoms with Crippen molar-refractivity contribution in [1.29, 1.82) is 0 Å². The van der Waals surface area contributed by atoms with Gasteiger partial charge in [0, 0.05) is 20.2 Å². The molecule has 0 aromatic heterocycles. The highest BCUT2D eigenvalue weighted by Crippen LogP contribution is 1.97. The number of methoxy groups -OCH3 is 1. The van der Waals surface area contributed by atoms with Crippen LogP contribution < -0.4 is 11.1 Å². The number of amides is 3. The molecule has 8 heteroatoms. The van der Waals surface area contributed by atoms with Gasteiger partial charge in [-0.05, 0) is 0 Å². The van der Waals surface area contributed by atoms with Crippen LogP contribution in [-0.2, 0) is 14.3 Å². The van der Waals surface area contributed by atoms with Gasteiger partial charge in [-0.3, -0.25) is 4.79 Å². The Morgan fingerprint density at radius 1 is 1.53 bits per heavy atom. The van der Waals surface area contributed by atoms with Crippen molar-refractivity contribution in [1.82, 2.24) is 10.2 Å². The highest BCUT2D eigenvalue weighted by Gasteiger charge is 2.24. The second-order valence-electron chi connectivity index (χ2n) is 3.74. The topological polar surface area (TPSA) is 122 Å². The van der Waals surface area contributed by atoms with Crippen molar-refractivity contribution < 1.29 is 24.2 Å². The number of rotatable bonds is 9. The van der Waals surface area contributed by atoms with Gasteiger partial charge >= 0.3 is 12.0 Å². The lowest BCUT2D eigenvalue weighted by atomic mass is 10.2. The molecule has 0 aromatic rings. The van der Waals surface area contributed by atoms with Gasteiger partial charge in [0.2, 0.25) is 5.91 Å². The molecule has 0 aliphatic carbocycles. The SMILES string of the molecule is C=CCN(CCOC)C(=O)NC(CC(N)=O)C(=O)O. The highest BCUT2D eigenvalue weighted by atomic mass is 16.5. The Hall–Kier alpha value is -2.09. The quantitative estimate of drug-likeness (QED) is 0.473. The summed E-state index contributed by atoms with van der Waals surface area (Å²) in [7, 11) is 1.48. The van der Waals surface area contributed by atoms with E-state index < -0.39 is 30.4 Å². The first-order chi connectivity index (χ1) is 8.92. The van der Waals surface area contributed by atoms with E-state index in [1.54, 1.807) is 0 Å². The van der Waals surface area contributed by atoms with E-state index in [0.29, 0.717) is 6.61 Å². The van der Waals surface area contributed by atoms with Crippen LogP contribution in [0.5, 0.6) is 0 Å². The molecule has 0 aromatic carbocycles. The van der Waals surface area contributed by atoms with Crippen LogP contribution in [-0.4, -0.2) is 60.8 Å². The predicted molar refractivity (Wildman–Crippen MR) is 67.4 cm³/mol. The Bertz CT molecular complexity index is 345. The number of nitrogens with zero attached hydrogens (tertiary/aromatic N) is 1. The lowest BCUT2D eigenvalue weighted by Gasteiger charge is -2.23. The summed E-state index contributed by atoms with van der Waals surface area (Å²) in [6, 6.07) is -1.97. The van der Waals surface area contributed by atoms with E-state index >= 15 is 0 Å². The number of nitrogens with one attached hydrogen (secondary N) is 1. The van der Waals surface area contributed by atoms with Crippen LogP contribution in [0.2, 0.25) is 0 Å². The maximum absolute atomic E-state index is 11.8. The minimum atomic E-state index is -1.35. The second kappa shape index (κ2) is 8.92. The van der Waals surface area contributed by atoms with Crippen molar-refractivity contribution in [2.75, 3.05) is 26.8 Å². The third kappa shape index (κ3) is 7.04. The third-order valence-corrected chi connectivity index (χ3v) is 2.20. The number of nitrogens with two attached hydrogens (primary N) is 1. The first-order valence-electron chi connectivity index (χ1n) is 5.58. The molecule has 0 aliphatic heterocycles. The van der Waals surface area contributed by atoms with E-state index in [4.69, 9.17) is 15.6 Å². The van der Waals surface area contributed by atoms with Gasteiger partial charge in [0.25, 0.3) is 0 Å². The lowest BCUT2D eigenvalue weighted by molar-refractivity contribution is -0.140. The minimum absolute atomic E-state index is 0.234. The largest absolute Gasteiger partial charge is 0.480 e. The van der Waals surface area contributed by atoms with Crippen molar-refractivity contribution in [3.63, 3.8) is 0 Å². The normalized spacial score (nSPS) is 11.4. The average molecular weight is 273 g/mol. The Morgan fingerprint density at radius 2 is 2.16 bits per heavy atom. The van der Waals surface area contributed by atoms with Crippen LogP contribution in [0.25, 0.3) is 0 Å². The molecule has 1 unspecified atom stereocenters. The summed E-state index contributed by atoms with van der Waals surface area (Å²) in [4.78, 5) is 34.7. The maximum atomic E-state index is 11.8. The van der Waals surface area contributed by atoms with Gasteiger partial charge in [-0.2, -0.15) is 0 Å². The van der Waals surface area contributed by atoms with E-state index in [0.717, 1.165) is 0 Å². The van der Waals surface area contributed by atoms with Gasteiger partial charge in [0.05, 0.1) is 13.0 Å². The summed E-state index contributed by atoms with van der Waals surface area (Å²) in [5, 5.41) is 11.1. The Morgan fingerprint density at radius 3 is 2.58 bits per heavy atom. The van der Waals surface area contributed by atoms with Crippen molar-refractivity contribution in [2.45, 2.75) is 12.5 Å². The summed E-state index contributed by atoms with van der Waals surface area (Å²) in [5.74, 6) is -2.13. The first-order valence-corrected chi connectivity index (χ1v) is 5.58. The molecule has 1 atom stereocenters. The molecule has 0 fully saturated rings.